The van der Waals surface area contributed by atoms with Crippen LogP contribution in [0.2, 0.25) is 0 Å². The Morgan fingerprint density at radius 1 is 1.19 bits per heavy atom. The van der Waals surface area contributed by atoms with Crippen molar-refractivity contribution in [3.63, 3.8) is 0 Å². The molecule has 21 heavy (non-hydrogen) atoms. The Balaban J connectivity index is 1.56. The Bertz CT molecular complexity index is 542. The van der Waals surface area contributed by atoms with Gasteiger partial charge in [0.25, 0.3) is 0 Å². The first-order valence-corrected chi connectivity index (χ1v) is 10.1. The minimum Gasteiger partial charge on any atom is -0.393 e. The molecule has 0 amide bonds. The highest BCUT2D eigenvalue weighted by Gasteiger charge is 2.76. The van der Waals surface area contributed by atoms with Gasteiger partial charge in [0, 0.05) is 10.8 Å². The molecule has 1 spiro atoms. The van der Waals surface area contributed by atoms with Crippen LogP contribution in [-0.4, -0.2) is 11.2 Å². The lowest BCUT2D eigenvalue weighted by Crippen LogP contribution is -2.56. The molecule has 5 rings (SSSR count). The number of hydrogen-bond donors (Lipinski definition) is 1. The summed E-state index contributed by atoms with van der Waals surface area (Å²) >= 11 is 2.60. The monoisotopic (exact) mass is 398 g/mol. The van der Waals surface area contributed by atoms with E-state index in [1.165, 1.54) is 38.5 Å². The molecule has 0 radical (unpaired) electrons. The molecule has 0 aromatic rings. The topological polar surface area (TPSA) is 20.2 Å². The summed E-state index contributed by atoms with van der Waals surface area (Å²) in [6, 6.07) is 0. The summed E-state index contributed by atoms with van der Waals surface area (Å²) in [5.74, 6) is 3.35. The van der Waals surface area contributed by atoms with Gasteiger partial charge < -0.3 is 5.11 Å². The maximum absolute atomic E-state index is 11.0. The van der Waals surface area contributed by atoms with Crippen molar-refractivity contribution in [3.05, 3.63) is 9.66 Å². The van der Waals surface area contributed by atoms with Gasteiger partial charge in [-0.15, -0.1) is 0 Å². The average molecular weight is 398 g/mol. The van der Waals surface area contributed by atoms with Crippen LogP contribution in [-0.2, 0) is 0 Å². The van der Waals surface area contributed by atoms with Gasteiger partial charge in [0.2, 0.25) is 0 Å². The minimum absolute atomic E-state index is 0.00291. The van der Waals surface area contributed by atoms with Crippen LogP contribution in [0, 0.1) is 39.9 Å². The van der Waals surface area contributed by atoms with Crippen LogP contribution in [0.1, 0.15) is 58.8 Å². The summed E-state index contributed by atoms with van der Waals surface area (Å²) in [5, 5.41) is 11.0. The maximum Gasteiger partial charge on any atom is 0.0607 e. The molecule has 5 aliphatic rings. The van der Waals surface area contributed by atoms with E-state index in [-0.39, 0.29) is 6.10 Å². The van der Waals surface area contributed by atoms with Crippen LogP contribution in [0.15, 0.2) is 9.66 Å². The third kappa shape index (κ3) is 1.36. The lowest BCUT2D eigenvalue weighted by molar-refractivity contribution is -0.141. The summed E-state index contributed by atoms with van der Waals surface area (Å²) < 4.78 is 1.61. The smallest absolute Gasteiger partial charge is 0.0607 e. The Hall–Kier alpha value is 0.430. The van der Waals surface area contributed by atoms with Crippen molar-refractivity contribution < 1.29 is 5.11 Å². The molecule has 2 heteroatoms. The van der Waals surface area contributed by atoms with E-state index in [1.54, 1.807) is 3.58 Å². The molecule has 0 saturated heterocycles. The van der Waals surface area contributed by atoms with Crippen LogP contribution in [0.25, 0.3) is 0 Å². The Kier molecular flexibility index (Phi) is 2.57. The second-order valence-corrected chi connectivity index (χ2v) is 10.4. The van der Waals surface area contributed by atoms with Gasteiger partial charge in [-0.1, -0.05) is 19.9 Å². The molecular formula is C19H27IO. The second-order valence-electron chi connectivity index (χ2n) is 9.27. The van der Waals surface area contributed by atoms with E-state index in [1.807, 2.05) is 0 Å². The van der Waals surface area contributed by atoms with Crippen LogP contribution in [0.4, 0.5) is 0 Å². The van der Waals surface area contributed by atoms with Gasteiger partial charge >= 0.3 is 0 Å². The first-order chi connectivity index (χ1) is 9.93. The third-order valence-electron chi connectivity index (χ3n) is 9.06. The molecule has 0 bridgehead atoms. The largest absolute Gasteiger partial charge is 0.393 e. The Morgan fingerprint density at radius 2 is 2.00 bits per heavy atom. The standard InChI is InChI=1S/C19H27IO/c1-17-7-6-14-12(13(17)3-4-15(17)20)9-16(21)19-10-11(19)5-8-18(14,19)2/h4,11-14,16,21H,3,5-10H2,1-2H3/t11?,12?,13-,14?,16-,17-,18+,19?/m0/s1. The average Bonchev–Trinajstić information content (AvgIpc) is 3.01. The molecule has 4 fully saturated rings. The SMILES string of the molecule is C[C@]12CCC3C(C[C@H](O)C45CC4CC[C@]35C)[C@@H]1CC=C2I. The third-order valence-corrected chi connectivity index (χ3v) is 10.7. The Morgan fingerprint density at radius 3 is 2.76 bits per heavy atom. The van der Waals surface area contributed by atoms with Crippen LogP contribution in [0.3, 0.4) is 0 Å². The normalized spacial score (nSPS) is 64.2. The van der Waals surface area contributed by atoms with E-state index in [0.717, 1.165) is 30.1 Å². The first kappa shape index (κ1) is 13.8. The van der Waals surface area contributed by atoms with Crippen molar-refractivity contribution in [3.8, 4) is 0 Å². The highest BCUT2D eigenvalue weighted by molar-refractivity contribution is 14.1. The fourth-order valence-corrected chi connectivity index (χ4v) is 8.75. The predicted octanol–water partition coefficient (Wildman–Crippen LogP) is 4.93. The number of rotatable bonds is 0. The number of hydrogen-bond acceptors (Lipinski definition) is 1. The van der Waals surface area contributed by atoms with E-state index in [0.29, 0.717) is 16.2 Å². The molecule has 0 heterocycles. The van der Waals surface area contributed by atoms with E-state index in [4.69, 9.17) is 0 Å². The van der Waals surface area contributed by atoms with Crippen LogP contribution < -0.4 is 0 Å². The van der Waals surface area contributed by atoms with Gasteiger partial charge in [-0.3, -0.25) is 0 Å². The van der Waals surface area contributed by atoms with Crippen molar-refractivity contribution in [2.45, 2.75) is 64.9 Å². The highest BCUT2D eigenvalue weighted by Crippen LogP contribution is 2.81. The summed E-state index contributed by atoms with van der Waals surface area (Å²) in [6.07, 6.45) is 11.8. The zero-order valence-electron chi connectivity index (χ0n) is 13.2. The van der Waals surface area contributed by atoms with E-state index in [9.17, 15) is 5.11 Å². The molecule has 1 nitrogen and oxygen atoms in total. The number of halogens is 1. The molecule has 0 aliphatic heterocycles. The van der Waals surface area contributed by atoms with Crippen molar-refractivity contribution in [1.29, 1.82) is 0 Å². The highest BCUT2D eigenvalue weighted by atomic mass is 127. The fraction of sp³-hybridized carbons (Fsp3) is 0.895. The van der Waals surface area contributed by atoms with Gasteiger partial charge in [-0.05, 0) is 100 Å². The molecule has 4 unspecified atom stereocenters. The minimum atomic E-state index is -0.00291. The van der Waals surface area contributed by atoms with Crippen molar-refractivity contribution in [1.82, 2.24) is 0 Å². The molecular weight excluding hydrogens is 371 g/mol. The quantitative estimate of drug-likeness (QED) is 0.574. The van der Waals surface area contributed by atoms with Gasteiger partial charge in [0.15, 0.2) is 0 Å². The van der Waals surface area contributed by atoms with Crippen molar-refractivity contribution in [2.75, 3.05) is 0 Å². The van der Waals surface area contributed by atoms with E-state index >= 15 is 0 Å². The lowest BCUT2D eigenvalue weighted by atomic mass is 9.46. The predicted molar refractivity (Wildman–Crippen MR) is 93.0 cm³/mol. The van der Waals surface area contributed by atoms with Gasteiger partial charge in [0.05, 0.1) is 6.10 Å². The summed E-state index contributed by atoms with van der Waals surface area (Å²) in [5.41, 5.74) is 1.24. The molecule has 5 aliphatic carbocycles. The van der Waals surface area contributed by atoms with E-state index in [2.05, 4.69) is 42.5 Å². The van der Waals surface area contributed by atoms with Crippen molar-refractivity contribution in [2.24, 2.45) is 39.9 Å². The molecule has 8 atom stereocenters. The van der Waals surface area contributed by atoms with Gasteiger partial charge in [-0.25, -0.2) is 0 Å². The summed E-state index contributed by atoms with van der Waals surface area (Å²) in [7, 11) is 0. The second kappa shape index (κ2) is 3.91. The molecule has 0 aromatic heterocycles. The van der Waals surface area contributed by atoms with Gasteiger partial charge in [0.1, 0.15) is 0 Å². The summed E-state index contributed by atoms with van der Waals surface area (Å²) in [4.78, 5) is 0. The fourth-order valence-electron chi connectivity index (χ4n) is 7.82. The van der Waals surface area contributed by atoms with Crippen LogP contribution >= 0.6 is 22.6 Å². The number of fused-ring (bicyclic) bond motifs is 4. The van der Waals surface area contributed by atoms with Crippen LogP contribution in [0.5, 0.6) is 0 Å². The zero-order valence-corrected chi connectivity index (χ0v) is 15.4. The summed E-state index contributed by atoms with van der Waals surface area (Å²) in [6.45, 7) is 5.07. The molecule has 1 N–H and O–H groups in total. The van der Waals surface area contributed by atoms with Crippen molar-refractivity contribution >= 4 is 22.6 Å². The molecule has 4 saturated carbocycles. The van der Waals surface area contributed by atoms with E-state index < -0.39 is 0 Å². The molecule has 0 aromatic carbocycles. The lowest BCUT2D eigenvalue weighted by Gasteiger charge is -2.59. The van der Waals surface area contributed by atoms with Gasteiger partial charge in [-0.2, -0.15) is 0 Å². The zero-order chi connectivity index (χ0) is 14.6. The molecule has 116 valence electrons. The number of aliphatic hydroxyl groups excluding tert-OH is 1. The number of aliphatic hydroxyl groups is 1. The number of allylic oxidation sites excluding steroid dienone is 2. The first-order valence-electron chi connectivity index (χ1n) is 8.98. The Labute approximate surface area is 142 Å². The maximum atomic E-state index is 11.0.